The molecule has 2 aromatic carbocycles. The molecular formula is C26H31FN2O5. The van der Waals surface area contributed by atoms with Crippen LogP contribution in [0.1, 0.15) is 37.4 Å². The minimum absolute atomic E-state index is 0.0416. The summed E-state index contributed by atoms with van der Waals surface area (Å²) in [5.74, 6) is -1.23. The predicted molar refractivity (Wildman–Crippen MR) is 127 cm³/mol. The second kappa shape index (κ2) is 11.2. The van der Waals surface area contributed by atoms with Crippen LogP contribution in [-0.2, 0) is 9.59 Å². The van der Waals surface area contributed by atoms with E-state index in [-0.39, 0.29) is 23.4 Å². The van der Waals surface area contributed by atoms with Gasteiger partial charge < -0.3 is 24.4 Å². The standard InChI is InChI=1S/C26H31FN2O5/c1-5-15-34-20-12-9-18(16-21(20)33-6-2)23-22(24(30)17-7-10-19(27)11-8-17)25(31)26(32)29(23)14-13-28(3)4/h7-12,16,23,30H,5-6,13-15H2,1-4H3/b24-22+. The average Bonchev–Trinajstić information content (AvgIpc) is 3.07. The number of carbonyl (C=O) groups excluding carboxylic acids is 2. The SMILES string of the molecule is CCCOc1ccc(C2/C(=C(\O)c3ccc(F)cc3)C(=O)C(=O)N2CCN(C)C)cc1OCC. The monoisotopic (exact) mass is 470 g/mol. The van der Waals surface area contributed by atoms with Crippen molar-refractivity contribution in [1.82, 2.24) is 9.80 Å². The van der Waals surface area contributed by atoms with Crippen LogP contribution in [0, 0.1) is 5.82 Å². The molecule has 0 aliphatic carbocycles. The quantitative estimate of drug-likeness (QED) is 0.321. The Bertz CT molecular complexity index is 1070. The van der Waals surface area contributed by atoms with Gasteiger partial charge in [-0.2, -0.15) is 0 Å². The molecule has 1 amide bonds. The van der Waals surface area contributed by atoms with Crippen molar-refractivity contribution in [3.05, 3.63) is 65.0 Å². The normalized spacial score (nSPS) is 17.5. The number of aliphatic hydroxyl groups excluding tert-OH is 1. The van der Waals surface area contributed by atoms with Gasteiger partial charge in [-0.3, -0.25) is 9.59 Å². The summed E-state index contributed by atoms with van der Waals surface area (Å²) >= 11 is 0. The van der Waals surface area contributed by atoms with Crippen molar-refractivity contribution in [2.24, 2.45) is 0 Å². The maximum Gasteiger partial charge on any atom is 0.295 e. The van der Waals surface area contributed by atoms with Crippen LogP contribution in [0.15, 0.2) is 48.0 Å². The van der Waals surface area contributed by atoms with E-state index in [1.807, 2.05) is 32.8 Å². The molecular weight excluding hydrogens is 439 g/mol. The highest BCUT2D eigenvalue weighted by molar-refractivity contribution is 6.46. The van der Waals surface area contributed by atoms with E-state index in [0.29, 0.717) is 36.8 Å². The van der Waals surface area contributed by atoms with Crippen LogP contribution in [0.2, 0.25) is 0 Å². The van der Waals surface area contributed by atoms with Crippen molar-refractivity contribution >= 4 is 17.4 Å². The molecule has 34 heavy (non-hydrogen) atoms. The minimum Gasteiger partial charge on any atom is -0.507 e. The van der Waals surface area contributed by atoms with Crippen LogP contribution < -0.4 is 9.47 Å². The summed E-state index contributed by atoms with van der Waals surface area (Å²) in [6, 6.07) is 9.57. The summed E-state index contributed by atoms with van der Waals surface area (Å²) in [5.41, 5.74) is 0.818. The van der Waals surface area contributed by atoms with Gasteiger partial charge in [0.2, 0.25) is 0 Å². The van der Waals surface area contributed by atoms with Crippen LogP contribution in [0.5, 0.6) is 11.5 Å². The van der Waals surface area contributed by atoms with Gasteiger partial charge in [0.25, 0.3) is 11.7 Å². The van der Waals surface area contributed by atoms with Crippen molar-refractivity contribution in [2.45, 2.75) is 26.3 Å². The Labute approximate surface area is 199 Å². The van der Waals surface area contributed by atoms with E-state index in [1.54, 1.807) is 18.2 Å². The third-order valence-corrected chi connectivity index (χ3v) is 5.49. The molecule has 8 heteroatoms. The fourth-order valence-corrected chi connectivity index (χ4v) is 3.82. The minimum atomic E-state index is -0.829. The number of benzene rings is 2. The highest BCUT2D eigenvalue weighted by atomic mass is 19.1. The third-order valence-electron chi connectivity index (χ3n) is 5.49. The summed E-state index contributed by atoms with van der Waals surface area (Å²) in [4.78, 5) is 29.5. The Balaban J connectivity index is 2.15. The summed E-state index contributed by atoms with van der Waals surface area (Å²) in [7, 11) is 3.74. The lowest BCUT2D eigenvalue weighted by atomic mass is 9.95. The zero-order valence-electron chi connectivity index (χ0n) is 20.0. The van der Waals surface area contributed by atoms with Crippen LogP contribution in [0.25, 0.3) is 5.76 Å². The highest BCUT2D eigenvalue weighted by Gasteiger charge is 2.46. The smallest absolute Gasteiger partial charge is 0.295 e. The number of amides is 1. The molecule has 1 heterocycles. The first-order chi connectivity index (χ1) is 16.3. The lowest BCUT2D eigenvalue weighted by Crippen LogP contribution is -2.35. The predicted octanol–water partition coefficient (Wildman–Crippen LogP) is 4.00. The molecule has 7 nitrogen and oxygen atoms in total. The first-order valence-corrected chi connectivity index (χ1v) is 11.4. The Morgan fingerprint density at radius 3 is 2.38 bits per heavy atom. The topological polar surface area (TPSA) is 79.3 Å². The van der Waals surface area contributed by atoms with Crippen LogP contribution in [0.3, 0.4) is 0 Å². The van der Waals surface area contributed by atoms with E-state index in [0.717, 1.165) is 6.42 Å². The highest BCUT2D eigenvalue weighted by Crippen LogP contribution is 2.42. The van der Waals surface area contributed by atoms with E-state index in [9.17, 15) is 19.1 Å². The number of likely N-dealkylation sites (N-methyl/N-ethyl adjacent to an activating group) is 1. The molecule has 182 valence electrons. The molecule has 0 radical (unpaired) electrons. The molecule has 1 aliphatic rings. The molecule has 0 spiro atoms. The zero-order chi connectivity index (χ0) is 24.8. The van der Waals surface area contributed by atoms with Gasteiger partial charge in [-0.05, 0) is 69.4 Å². The van der Waals surface area contributed by atoms with Gasteiger partial charge in [-0.15, -0.1) is 0 Å². The lowest BCUT2D eigenvalue weighted by molar-refractivity contribution is -0.140. The van der Waals surface area contributed by atoms with Crippen LogP contribution in [0.4, 0.5) is 4.39 Å². The molecule has 1 fully saturated rings. The number of hydrogen-bond donors (Lipinski definition) is 1. The molecule has 2 aromatic rings. The van der Waals surface area contributed by atoms with Gasteiger partial charge >= 0.3 is 0 Å². The van der Waals surface area contributed by atoms with Gasteiger partial charge in [0.1, 0.15) is 11.6 Å². The molecule has 1 N–H and O–H groups in total. The number of carbonyl (C=O) groups is 2. The Kier molecular flexibility index (Phi) is 8.28. The van der Waals surface area contributed by atoms with Gasteiger partial charge in [0, 0.05) is 18.7 Å². The van der Waals surface area contributed by atoms with Crippen molar-refractivity contribution in [2.75, 3.05) is 40.4 Å². The van der Waals surface area contributed by atoms with E-state index in [1.165, 1.54) is 29.2 Å². The largest absolute Gasteiger partial charge is 0.507 e. The number of halogens is 1. The van der Waals surface area contributed by atoms with Gasteiger partial charge in [0.05, 0.1) is 24.8 Å². The second-order valence-corrected chi connectivity index (χ2v) is 8.29. The fourth-order valence-electron chi connectivity index (χ4n) is 3.82. The summed E-state index contributed by atoms with van der Waals surface area (Å²) in [6.07, 6.45) is 0.829. The molecule has 1 aliphatic heterocycles. The number of rotatable bonds is 10. The molecule has 1 atom stereocenters. The number of nitrogens with zero attached hydrogens (tertiary/aromatic N) is 2. The molecule has 0 aromatic heterocycles. The Morgan fingerprint density at radius 2 is 1.76 bits per heavy atom. The summed E-state index contributed by atoms with van der Waals surface area (Å²) in [6.45, 7) is 5.58. The Morgan fingerprint density at radius 1 is 1.06 bits per heavy atom. The number of likely N-dealkylation sites (tertiary alicyclic amines) is 1. The second-order valence-electron chi connectivity index (χ2n) is 8.29. The maximum atomic E-state index is 13.4. The van der Waals surface area contributed by atoms with E-state index < -0.39 is 23.5 Å². The zero-order valence-corrected chi connectivity index (χ0v) is 20.0. The number of hydrogen-bond acceptors (Lipinski definition) is 6. The molecule has 0 saturated carbocycles. The average molecular weight is 471 g/mol. The maximum absolute atomic E-state index is 13.4. The van der Waals surface area contributed by atoms with Crippen LogP contribution in [-0.4, -0.2) is 67.0 Å². The number of aliphatic hydroxyl groups is 1. The van der Waals surface area contributed by atoms with E-state index in [4.69, 9.17) is 9.47 Å². The number of ketones is 1. The van der Waals surface area contributed by atoms with Gasteiger partial charge in [0.15, 0.2) is 11.5 Å². The Hall–Kier alpha value is -3.39. The van der Waals surface area contributed by atoms with Crippen molar-refractivity contribution < 1.29 is 28.6 Å². The molecule has 1 unspecified atom stereocenters. The van der Waals surface area contributed by atoms with Crippen molar-refractivity contribution in [1.29, 1.82) is 0 Å². The lowest BCUT2D eigenvalue weighted by Gasteiger charge is -2.27. The van der Waals surface area contributed by atoms with Crippen molar-refractivity contribution in [3.63, 3.8) is 0 Å². The molecule has 3 rings (SSSR count). The van der Waals surface area contributed by atoms with Gasteiger partial charge in [-0.25, -0.2) is 4.39 Å². The first kappa shape index (κ1) is 25.2. The number of Topliss-reactive ketones (excluding diaryl/α,β-unsaturated/α-hetero) is 1. The van der Waals surface area contributed by atoms with Gasteiger partial charge in [-0.1, -0.05) is 13.0 Å². The first-order valence-electron chi connectivity index (χ1n) is 11.4. The summed E-state index contributed by atoms with van der Waals surface area (Å²) < 4.78 is 25.0. The fraction of sp³-hybridized carbons (Fsp3) is 0.385. The van der Waals surface area contributed by atoms with Crippen molar-refractivity contribution in [3.8, 4) is 11.5 Å². The molecule has 1 saturated heterocycles. The molecule has 0 bridgehead atoms. The van der Waals surface area contributed by atoms with Crippen LogP contribution >= 0.6 is 0 Å². The number of ether oxygens (including phenoxy) is 2. The van der Waals surface area contributed by atoms with E-state index >= 15 is 0 Å². The third kappa shape index (κ3) is 5.39. The summed E-state index contributed by atoms with van der Waals surface area (Å²) in [5, 5.41) is 11.1. The van der Waals surface area contributed by atoms with E-state index in [2.05, 4.69) is 0 Å².